The van der Waals surface area contributed by atoms with Crippen molar-refractivity contribution in [2.45, 2.75) is 19.4 Å². The summed E-state index contributed by atoms with van der Waals surface area (Å²) in [6.07, 6.45) is 0.957. The first kappa shape index (κ1) is 13.1. The molecule has 0 bridgehead atoms. The molecule has 0 aliphatic heterocycles. The van der Waals surface area contributed by atoms with Crippen molar-refractivity contribution in [3.8, 4) is 0 Å². The largest absolute Gasteiger partial charge is 0.310 e. The standard InChI is InChI=1S/C16H18ClN/c1-2-18-16(14-8-4-3-5-9-14)12-13-7-6-10-15(17)11-13/h3-11,16,18H,2,12H2,1H3. The lowest BCUT2D eigenvalue weighted by Gasteiger charge is -2.18. The summed E-state index contributed by atoms with van der Waals surface area (Å²) < 4.78 is 0. The molecule has 0 spiro atoms. The molecule has 0 aromatic heterocycles. The van der Waals surface area contributed by atoms with Gasteiger partial charge >= 0.3 is 0 Å². The van der Waals surface area contributed by atoms with E-state index in [4.69, 9.17) is 11.6 Å². The van der Waals surface area contributed by atoms with E-state index in [9.17, 15) is 0 Å². The summed E-state index contributed by atoms with van der Waals surface area (Å²) in [5.41, 5.74) is 2.58. The van der Waals surface area contributed by atoms with Crippen molar-refractivity contribution in [2.24, 2.45) is 0 Å². The minimum absolute atomic E-state index is 0.342. The third-order valence-corrected chi connectivity index (χ3v) is 3.22. The van der Waals surface area contributed by atoms with Crippen LogP contribution < -0.4 is 5.32 Å². The van der Waals surface area contributed by atoms with E-state index in [-0.39, 0.29) is 0 Å². The maximum Gasteiger partial charge on any atom is 0.0408 e. The van der Waals surface area contributed by atoms with Gasteiger partial charge in [-0.2, -0.15) is 0 Å². The highest BCUT2D eigenvalue weighted by Gasteiger charge is 2.10. The van der Waals surface area contributed by atoms with E-state index >= 15 is 0 Å². The maximum atomic E-state index is 6.03. The average Bonchev–Trinajstić information content (AvgIpc) is 2.39. The molecule has 1 atom stereocenters. The average molecular weight is 260 g/mol. The van der Waals surface area contributed by atoms with Crippen LogP contribution in [0.4, 0.5) is 0 Å². The number of likely N-dealkylation sites (N-methyl/N-ethyl adjacent to an activating group) is 1. The molecule has 2 aromatic rings. The van der Waals surface area contributed by atoms with Gasteiger partial charge in [-0.15, -0.1) is 0 Å². The van der Waals surface area contributed by atoms with Gasteiger partial charge in [-0.05, 0) is 36.2 Å². The van der Waals surface area contributed by atoms with Crippen LogP contribution in [0.2, 0.25) is 5.02 Å². The molecule has 2 heteroatoms. The maximum absolute atomic E-state index is 6.03. The molecule has 0 amide bonds. The molecule has 0 radical (unpaired) electrons. The van der Waals surface area contributed by atoms with E-state index in [2.05, 4.69) is 42.6 Å². The first-order chi connectivity index (χ1) is 8.79. The summed E-state index contributed by atoms with van der Waals surface area (Å²) in [5.74, 6) is 0. The molecule has 0 saturated heterocycles. The van der Waals surface area contributed by atoms with Gasteiger partial charge in [-0.25, -0.2) is 0 Å². The predicted molar refractivity (Wildman–Crippen MR) is 78.0 cm³/mol. The van der Waals surface area contributed by atoms with Gasteiger partial charge in [-0.1, -0.05) is 61.0 Å². The van der Waals surface area contributed by atoms with Crippen molar-refractivity contribution < 1.29 is 0 Å². The SMILES string of the molecule is CCNC(Cc1cccc(Cl)c1)c1ccccc1. The lowest BCUT2D eigenvalue weighted by Crippen LogP contribution is -2.22. The second-order valence-corrected chi connectivity index (χ2v) is 4.79. The van der Waals surface area contributed by atoms with Crippen LogP contribution in [-0.4, -0.2) is 6.54 Å². The Balaban J connectivity index is 2.16. The molecule has 2 rings (SSSR count). The molecule has 0 saturated carbocycles. The number of benzene rings is 2. The third-order valence-electron chi connectivity index (χ3n) is 2.98. The van der Waals surface area contributed by atoms with Gasteiger partial charge in [0.15, 0.2) is 0 Å². The molecule has 94 valence electrons. The van der Waals surface area contributed by atoms with Crippen molar-refractivity contribution >= 4 is 11.6 Å². The zero-order chi connectivity index (χ0) is 12.8. The third kappa shape index (κ3) is 3.59. The summed E-state index contributed by atoms with van der Waals surface area (Å²) >= 11 is 6.03. The Hall–Kier alpha value is -1.31. The van der Waals surface area contributed by atoms with Crippen molar-refractivity contribution in [2.75, 3.05) is 6.54 Å². The van der Waals surface area contributed by atoms with E-state index in [0.29, 0.717) is 6.04 Å². The molecular formula is C16H18ClN. The molecule has 1 unspecified atom stereocenters. The second kappa shape index (κ2) is 6.58. The van der Waals surface area contributed by atoms with Gasteiger partial charge in [0.25, 0.3) is 0 Å². The monoisotopic (exact) mass is 259 g/mol. The lowest BCUT2D eigenvalue weighted by molar-refractivity contribution is 0.550. The van der Waals surface area contributed by atoms with Gasteiger partial charge in [0, 0.05) is 11.1 Å². The van der Waals surface area contributed by atoms with Crippen molar-refractivity contribution in [1.82, 2.24) is 5.32 Å². The Morgan fingerprint density at radius 2 is 1.83 bits per heavy atom. The van der Waals surface area contributed by atoms with Crippen LogP contribution in [0, 0.1) is 0 Å². The Morgan fingerprint density at radius 1 is 1.06 bits per heavy atom. The fourth-order valence-electron chi connectivity index (χ4n) is 2.14. The highest BCUT2D eigenvalue weighted by molar-refractivity contribution is 6.30. The van der Waals surface area contributed by atoms with Gasteiger partial charge in [0.1, 0.15) is 0 Å². The van der Waals surface area contributed by atoms with Gasteiger partial charge in [0.05, 0.1) is 0 Å². The molecule has 0 aliphatic rings. The predicted octanol–water partition coefficient (Wildman–Crippen LogP) is 4.23. The molecule has 0 aliphatic carbocycles. The topological polar surface area (TPSA) is 12.0 Å². The lowest BCUT2D eigenvalue weighted by atomic mass is 9.99. The van der Waals surface area contributed by atoms with Crippen LogP contribution in [0.3, 0.4) is 0 Å². The van der Waals surface area contributed by atoms with Crippen molar-refractivity contribution in [3.63, 3.8) is 0 Å². The number of halogens is 1. The first-order valence-corrected chi connectivity index (χ1v) is 6.70. The fraction of sp³-hybridized carbons (Fsp3) is 0.250. The van der Waals surface area contributed by atoms with Gasteiger partial charge in [0.2, 0.25) is 0 Å². The Kier molecular flexibility index (Phi) is 4.80. The summed E-state index contributed by atoms with van der Waals surface area (Å²) in [4.78, 5) is 0. The normalized spacial score (nSPS) is 12.3. The summed E-state index contributed by atoms with van der Waals surface area (Å²) in [6.45, 7) is 3.09. The minimum Gasteiger partial charge on any atom is -0.310 e. The Morgan fingerprint density at radius 3 is 2.50 bits per heavy atom. The van der Waals surface area contributed by atoms with E-state index < -0.39 is 0 Å². The number of hydrogen-bond donors (Lipinski definition) is 1. The second-order valence-electron chi connectivity index (χ2n) is 4.35. The fourth-order valence-corrected chi connectivity index (χ4v) is 2.35. The van der Waals surface area contributed by atoms with Gasteiger partial charge < -0.3 is 5.32 Å². The number of nitrogens with one attached hydrogen (secondary N) is 1. The number of rotatable bonds is 5. The molecule has 0 heterocycles. The molecule has 1 nitrogen and oxygen atoms in total. The number of hydrogen-bond acceptors (Lipinski definition) is 1. The summed E-state index contributed by atoms with van der Waals surface area (Å²) in [5, 5.41) is 4.33. The van der Waals surface area contributed by atoms with E-state index in [1.165, 1.54) is 11.1 Å². The summed E-state index contributed by atoms with van der Waals surface area (Å²) in [7, 11) is 0. The van der Waals surface area contributed by atoms with Crippen LogP contribution in [0.15, 0.2) is 54.6 Å². The Labute approximate surface area is 114 Å². The summed E-state index contributed by atoms with van der Waals surface area (Å²) in [6, 6.07) is 19.0. The molecule has 0 fully saturated rings. The first-order valence-electron chi connectivity index (χ1n) is 6.32. The van der Waals surface area contributed by atoms with Crippen molar-refractivity contribution in [3.05, 3.63) is 70.7 Å². The van der Waals surface area contributed by atoms with E-state index in [0.717, 1.165) is 18.0 Å². The van der Waals surface area contributed by atoms with Crippen LogP contribution in [-0.2, 0) is 6.42 Å². The zero-order valence-electron chi connectivity index (χ0n) is 10.6. The zero-order valence-corrected chi connectivity index (χ0v) is 11.3. The van der Waals surface area contributed by atoms with Crippen LogP contribution in [0.5, 0.6) is 0 Å². The van der Waals surface area contributed by atoms with E-state index in [1.807, 2.05) is 24.3 Å². The van der Waals surface area contributed by atoms with Crippen molar-refractivity contribution in [1.29, 1.82) is 0 Å². The highest BCUT2D eigenvalue weighted by Crippen LogP contribution is 2.20. The minimum atomic E-state index is 0.342. The van der Waals surface area contributed by atoms with Gasteiger partial charge in [-0.3, -0.25) is 0 Å². The van der Waals surface area contributed by atoms with E-state index in [1.54, 1.807) is 0 Å². The molecule has 18 heavy (non-hydrogen) atoms. The molecule has 2 aromatic carbocycles. The Bertz CT molecular complexity index is 481. The highest BCUT2D eigenvalue weighted by atomic mass is 35.5. The van der Waals surface area contributed by atoms with Crippen LogP contribution in [0.1, 0.15) is 24.1 Å². The van der Waals surface area contributed by atoms with Crippen LogP contribution >= 0.6 is 11.6 Å². The molecular weight excluding hydrogens is 242 g/mol. The van der Waals surface area contributed by atoms with Crippen LogP contribution in [0.25, 0.3) is 0 Å². The quantitative estimate of drug-likeness (QED) is 0.847. The smallest absolute Gasteiger partial charge is 0.0408 e. The molecule has 1 N–H and O–H groups in total.